The maximum Gasteiger partial charge on any atom is 0.264 e. The summed E-state index contributed by atoms with van der Waals surface area (Å²) >= 11 is 1.49. The van der Waals surface area contributed by atoms with Crippen LogP contribution >= 0.6 is 23.7 Å². The van der Waals surface area contributed by atoms with E-state index in [4.69, 9.17) is 4.98 Å². The predicted molar refractivity (Wildman–Crippen MR) is 160 cm³/mol. The number of carbonyl (C=O) groups is 1. The highest BCUT2D eigenvalue weighted by Crippen LogP contribution is 2.32. The molecule has 1 heterocycles. The van der Waals surface area contributed by atoms with Crippen LogP contribution in [0.1, 0.15) is 29.3 Å². The number of hydrogen-bond donors (Lipinski definition) is 0. The molecule has 0 unspecified atom stereocenters. The molecular formula is C28H33ClN4O3S2. The molecule has 0 N–H and O–H groups in total. The van der Waals surface area contributed by atoms with Crippen molar-refractivity contribution in [2.24, 2.45) is 0 Å². The molecule has 202 valence electrons. The number of thiazole rings is 1. The lowest BCUT2D eigenvalue weighted by atomic mass is 10.2. The Morgan fingerprint density at radius 3 is 2.21 bits per heavy atom. The van der Waals surface area contributed by atoms with E-state index in [0.29, 0.717) is 29.5 Å². The molecule has 3 aromatic carbocycles. The zero-order valence-electron chi connectivity index (χ0n) is 22.0. The van der Waals surface area contributed by atoms with Crippen LogP contribution in [0, 0.1) is 6.92 Å². The number of anilines is 2. The largest absolute Gasteiger partial charge is 0.309 e. The molecule has 0 saturated heterocycles. The molecule has 0 atom stereocenters. The molecular weight excluding hydrogens is 540 g/mol. The third-order valence-electron chi connectivity index (χ3n) is 6.09. The number of rotatable bonds is 10. The number of nitrogens with zero attached hydrogens (tertiary/aromatic N) is 4. The number of carbonyl (C=O) groups excluding carboxylic acids is 1. The molecule has 0 aliphatic carbocycles. The molecule has 0 saturated carbocycles. The minimum atomic E-state index is -3.77. The van der Waals surface area contributed by atoms with Crippen LogP contribution < -0.4 is 9.21 Å². The first kappa shape index (κ1) is 29.6. The Hall–Kier alpha value is -2.98. The summed E-state index contributed by atoms with van der Waals surface area (Å²) in [5, 5.41) is 0.644. The second-order valence-corrected chi connectivity index (χ2v) is 11.9. The molecule has 0 spiro atoms. The zero-order chi connectivity index (χ0) is 26.6. The van der Waals surface area contributed by atoms with Crippen molar-refractivity contribution in [3.05, 3.63) is 83.9 Å². The van der Waals surface area contributed by atoms with E-state index in [-0.39, 0.29) is 23.2 Å². The van der Waals surface area contributed by atoms with Gasteiger partial charge in [-0.2, -0.15) is 0 Å². The van der Waals surface area contributed by atoms with Gasteiger partial charge in [-0.15, -0.1) is 12.4 Å². The van der Waals surface area contributed by atoms with Gasteiger partial charge < -0.3 is 4.90 Å². The van der Waals surface area contributed by atoms with E-state index in [2.05, 4.69) is 4.90 Å². The van der Waals surface area contributed by atoms with E-state index in [1.807, 2.05) is 57.4 Å². The van der Waals surface area contributed by atoms with Crippen LogP contribution in [0.15, 0.2) is 77.7 Å². The van der Waals surface area contributed by atoms with Gasteiger partial charge in [0.05, 0.1) is 20.8 Å². The number of amides is 1. The van der Waals surface area contributed by atoms with Gasteiger partial charge in [0.15, 0.2) is 5.13 Å². The Morgan fingerprint density at radius 2 is 1.61 bits per heavy atom. The van der Waals surface area contributed by atoms with Gasteiger partial charge in [-0.1, -0.05) is 41.7 Å². The van der Waals surface area contributed by atoms with Crippen molar-refractivity contribution >= 4 is 60.7 Å². The average molecular weight is 573 g/mol. The first-order valence-corrected chi connectivity index (χ1v) is 14.5. The fraction of sp³-hybridized carbons (Fsp3) is 0.286. The van der Waals surface area contributed by atoms with E-state index in [9.17, 15) is 13.2 Å². The predicted octanol–water partition coefficient (Wildman–Crippen LogP) is 5.84. The minimum absolute atomic E-state index is 0. The molecule has 0 aliphatic heterocycles. The maximum atomic E-state index is 13.7. The summed E-state index contributed by atoms with van der Waals surface area (Å²) in [6.07, 6.45) is 0.780. The Morgan fingerprint density at radius 1 is 0.921 bits per heavy atom. The molecule has 0 aliphatic rings. The van der Waals surface area contributed by atoms with Crippen molar-refractivity contribution in [1.29, 1.82) is 0 Å². The van der Waals surface area contributed by atoms with Gasteiger partial charge in [0, 0.05) is 18.7 Å². The van der Waals surface area contributed by atoms with Gasteiger partial charge in [0.2, 0.25) is 0 Å². The number of sulfonamides is 1. The number of aromatic nitrogens is 1. The fourth-order valence-electron chi connectivity index (χ4n) is 4.16. The topological polar surface area (TPSA) is 73.8 Å². The zero-order valence-corrected chi connectivity index (χ0v) is 24.4. The number of benzene rings is 3. The number of para-hydroxylation sites is 2. The molecule has 7 nitrogen and oxygen atoms in total. The summed E-state index contributed by atoms with van der Waals surface area (Å²) in [5.74, 6) is -0.199. The highest BCUT2D eigenvalue weighted by molar-refractivity contribution is 7.92. The first-order chi connectivity index (χ1) is 17.7. The first-order valence-electron chi connectivity index (χ1n) is 12.2. The fourth-order valence-corrected chi connectivity index (χ4v) is 6.70. The van der Waals surface area contributed by atoms with Crippen molar-refractivity contribution in [3.8, 4) is 0 Å². The van der Waals surface area contributed by atoms with Crippen LogP contribution in [0.4, 0.5) is 10.8 Å². The molecule has 0 fully saturated rings. The van der Waals surface area contributed by atoms with Crippen molar-refractivity contribution in [1.82, 2.24) is 9.88 Å². The molecule has 1 amide bonds. The summed E-state index contributed by atoms with van der Waals surface area (Å²) in [4.78, 5) is 22.4. The van der Waals surface area contributed by atoms with Crippen molar-refractivity contribution in [3.63, 3.8) is 0 Å². The van der Waals surface area contributed by atoms with E-state index < -0.39 is 10.0 Å². The summed E-state index contributed by atoms with van der Waals surface area (Å²) in [7, 11) is 0.231. The van der Waals surface area contributed by atoms with Gasteiger partial charge >= 0.3 is 0 Å². The van der Waals surface area contributed by atoms with Crippen LogP contribution in [0.25, 0.3) is 10.2 Å². The Kier molecular flexibility index (Phi) is 9.89. The van der Waals surface area contributed by atoms with Crippen molar-refractivity contribution < 1.29 is 13.2 Å². The number of fused-ring (bicyclic) bond motifs is 1. The van der Waals surface area contributed by atoms with Gasteiger partial charge in [0.1, 0.15) is 0 Å². The third kappa shape index (κ3) is 6.35. The average Bonchev–Trinajstić information content (AvgIpc) is 3.32. The van der Waals surface area contributed by atoms with E-state index in [1.54, 1.807) is 36.1 Å². The highest BCUT2D eigenvalue weighted by atomic mass is 35.5. The maximum absolute atomic E-state index is 13.7. The molecule has 1 aromatic heterocycles. The van der Waals surface area contributed by atoms with Gasteiger partial charge in [-0.3, -0.25) is 14.0 Å². The number of halogens is 1. The standard InChI is InChI=1S/C28H32N4O3S2.ClH/c1-5-32(23-12-7-6-8-13-23)37(34,35)24-17-15-22(16-18-24)27(33)31(20-10-19-30(3)4)28-29-26-21(2)11-9-14-25(26)36-28;/h6-9,11-18H,5,10,19-20H2,1-4H3;1H. The van der Waals surface area contributed by atoms with Crippen LogP contribution in [-0.2, 0) is 10.0 Å². The molecule has 38 heavy (non-hydrogen) atoms. The van der Waals surface area contributed by atoms with Gasteiger partial charge in [-0.25, -0.2) is 13.4 Å². The minimum Gasteiger partial charge on any atom is -0.309 e. The van der Waals surface area contributed by atoms with Crippen LogP contribution in [0.2, 0.25) is 0 Å². The smallest absolute Gasteiger partial charge is 0.264 e. The Balaban J connectivity index is 0.00000400. The van der Waals surface area contributed by atoms with Gasteiger partial charge in [-0.05, 0) is 88.9 Å². The lowest BCUT2D eigenvalue weighted by Crippen LogP contribution is -2.33. The van der Waals surface area contributed by atoms with Crippen LogP contribution in [0.5, 0.6) is 0 Å². The van der Waals surface area contributed by atoms with Gasteiger partial charge in [0.25, 0.3) is 15.9 Å². The van der Waals surface area contributed by atoms with Crippen LogP contribution in [0.3, 0.4) is 0 Å². The molecule has 4 aromatic rings. The molecule has 4 rings (SSSR count). The van der Waals surface area contributed by atoms with E-state index in [1.165, 1.54) is 27.8 Å². The summed E-state index contributed by atoms with van der Waals surface area (Å²) in [6, 6.07) is 21.2. The van der Waals surface area contributed by atoms with Crippen molar-refractivity contribution in [2.75, 3.05) is 42.9 Å². The lowest BCUT2D eigenvalue weighted by Gasteiger charge is -2.23. The third-order valence-corrected chi connectivity index (χ3v) is 9.05. The highest BCUT2D eigenvalue weighted by Gasteiger charge is 2.25. The van der Waals surface area contributed by atoms with E-state index in [0.717, 1.165) is 28.7 Å². The monoisotopic (exact) mass is 572 g/mol. The number of hydrogen-bond acceptors (Lipinski definition) is 6. The van der Waals surface area contributed by atoms with Crippen LogP contribution in [-0.4, -0.2) is 57.9 Å². The lowest BCUT2D eigenvalue weighted by molar-refractivity contribution is 0.0986. The number of aryl methyl sites for hydroxylation is 1. The van der Waals surface area contributed by atoms with E-state index >= 15 is 0 Å². The molecule has 0 radical (unpaired) electrons. The Bertz CT molecular complexity index is 1470. The summed E-state index contributed by atoms with van der Waals surface area (Å²) in [5.41, 5.74) is 2.98. The normalized spacial score (nSPS) is 11.4. The molecule has 0 bridgehead atoms. The molecule has 10 heteroatoms. The SMILES string of the molecule is CCN(c1ccccc1)S(=O)(=O)c1ccc(C(=O)N(CCCN(C)C)c2nc3c(C)cccc3s2)cc1.Cl. The quantitative estimate of drug-likeness (QED) is 0.239. The second-order valence-electron chi connectivity index (χ2n) is 9.06. The van der Waals surface area contributed by atoms with Crippen molar-refractivity contribution in [2.45, 2.75) is 25.2 Å². The summed E-state index contributed by atoms with van der Waals surface area (Å²) in [6.45, 7) is 5.44. The summed E-state index contributed by atoms with van der Waals surface area (Å²) < 4.78 is 29.1. The Labute approximate surface area is 235 Å². The second kappa shape index (κ2) is 12.7.